The van der Waals surface area contributed by atoms with E-state index in [1.807, 2.05) is 46.8 Å². The average Bonchev–Trinajstić information content (AvgIpc) is 3.19. The molecule has 1 aromatic carbocycles. The summed E-state index contributed by atoms with van der Waals surface area (Å²) in [5.74, 6) is 3.07. The molecule has 23 heavy (non-hydrogen) atoms. The molecule has 2 heterocycles. The van der Waals surface area contributed by atoms with Gasteiger partial charge in [-0.15, -0.1) is 0 Å². The Bertz CT molecular complexity index is 705. The lowest BCUT2D eigenvalue weighted by molar-refractivity contribution is -0.120. The number of amides is 1. The minimum absolute atomic E-state index is 0.160. The fourth-order valence-corrected chi connectivity index (χ4v) is 4.52. The second-order valence-corrected chi connectivity index (χ2v) is 7.32. The number of fused-ring (bicyclic) bond motifs is 1. The minimum atomic E-state index is 0.160. The molecule has 2 aliphatic rings. The van der Waals surface area contributed by atoms with Crippen molar-refractivity contribution in [1.29, 1.82) is 0 Å². The van der Waals surface area contributed by atoms with Crippen molar-refractivity contribution in [2.24, 2.45) is 5.92 Å². The fourth-order valence-electron chi connectivity index (χ4n) is 3.48. The van der Waals surface area contributed by atoms with Crippen molar-refractivity contribution in [3.63, 3.8) is 0 Å². The van der Waals surface area contributed by atoms with E-state index in [0.717, 1.165) is 41.5 Å². The number of hydrogen-bond donors (Lipinski definition) is 1. The molecule has 0 spiro atoms. The number of nitrogens with zero attached hydrogens (tertiary/aromatic N) is 2. The first-order valence-corrected chi connectivity index (χ1v) is 9.53. The van der Waals surface area contributed by atoms with Gasteiger partial charge in [0, 0.05) is 23.0 Å². The second kappa shape index (κ2) is 6.40. The summed E-state index contributed by atoms with van der Waals surface area (Å²) in [4.78, 5) is 12.7. The van der Waals surface area contributed by atoms with Crippen molar-refractivity contribution in [2.75, 3.05) is 5.32 Å². The van der Waals surface area contributed by atoms with Crippen molar-refractivity contribution < 1.29 is 4.79 Å². The van der Waals surface area contributed by atoms with Crippen LogP contribution in [0.3, 0.4) is 0 Å². The van der Waals surface area contributed by atoms with Crippen LogP contribution < -0.4 is 5.32 Å². The monoisotopic (exact) mass is 327 g/mol. The zero-order valence-electron chi connectivity index (χ0n) is 13.1. The lowest BCUT2D eigenvalue weighted by atomic mass is 9.88. The van der Waals surface area contributed by atoms with Gasteiger partial charge in [0.15, 0.2) is 0 Å². The smallest absolute Gasteiger partial charge is 0.228 e. The van der Waals surface area contributed by atoms with Crippen molar-refractivity contribution in [1.82, 2.24) is 9.78 Å². The van der Waals surface area contributed by atoms with Gasteiger partial charge in [-0.2, -0.15) is 16.9 Å². The van der Waals surface area contributed by atoms with E-state index in [0.29, 0.717) is 0 Å². The SMILES string of the molecule is O=C(Nc1c2c(nn1-c1ccccc1)CSC2)C1CCCCC1. The van der Waals surface area contributed by atoms with E-state index in [-0.39, 0.29) is 11.8 Å². The molecule has 4 rings (SSSR count). The molecule has 0 saturated heterocycles. The summed E-state index contributed by atoms with van der Waals surface area (Å²) in [6, 6.07) is 10.1. The maximum Gasteiger partial charge on any atom is 0.228 e. The number of para-hydroxylation sites is 1. The number of benzene rings is 1. The Balaban J connectivity index is 1.65. The summed E-state index contributed by atoms with van der Waals surface area (Å²) in [6.45, 7) is 0. The number of aromatic nitrogens is 2. The third-order valence-corrected chi connectivity index (χ3v) is 5.74. The molecule has 0 unspecified atom stereocenters. The van der Waals surface area contributed by atoms with Gasteiger partial charge >= 0.3 is 0 Å². The largest absolute Gasteiger partial charge is 0.310 e. The first kappa shape index (κ1) is 14.8. The number of anilines is 1. The third-order valence-electron chi connectivity index (χ3n) is 4.77. The van der Waals surface area contributed by atoms with Crippen molar-refractivity contribution in [3.8, 4) is 5.69 Å². The molecule has 4 nitrogen and oxygen atoms in total. The number of carbonyl (C=O) groups excluding carboxylic acids is 1. The van der Waals surface area contributed by atoms with Crippen LogP contribution in [0.25, 0.3) is 5.69 Å². The van der Waals surface area contributed by atoms with E-state index < -0.39 is 0 Å². The van der Waals surface area contributed by atoms with Crippen LogP contribution in [0.1, 0.15) is 43.4 Å². The van der Waals surface area contributed by atoms with Gasteiger partial charge < -0.3 is 5.32 Å². The molecule has 1 aromatic heterocycles. The topological polar surface area (TPSA) is 46.9 Å². The molecule has 0 bridgehead atoms. The Morgan fingerprint density at radius 2 is 1.91 bits per heavy atom. The highest BCUT2D eigenvalue weighted by Crippen LogP contribution is 2.36. The standard InChI is InChI=1S/C18H21N3OS/c22-18(13-7-3-1-4-8-13)19-17-15-11-23-12-16(15)20-21(17)14-9-5-2-6-10-14/h2,5-6,9-10,13H,1,3-4,7-8,11-12H2,(H,19,22). The first-order chi connectivity index (χ1) is 11.3. The summed E-state index contributed by atoms with van der Waals surface area (Å²) in [5, 5.41) is 7.95. The van der Waals surface area contributed by atoms with Gasteiger partial charge in [0.05, 0.1) is 11.4 Å². The van der Waals surface area contributed by atoms with E-state index in [2.05, 4.69) is 5.32 Å². The molecule has 0 radical (unpaired) electrons. The van der Waals surface area contributed by atoms with Crippen LogP contribution in [0.4, 0.5) is 5.82 Å². The van der Waals surface area contributed by atoms with Crippen LogP contribution in [0.5, 0.6) is 0 Å². The highest BCUT2D eigenvalue weighted by Gasteiger charge is 2.27. The first-order valence-electron chi connectivity index (χ1n) is 8.38. The van der Waals surface area contributed by atoms with E-state index in [1.165, 1.54) is 24.8 Å². The number of thioether (sulfide) groups is 1. The second-order valence-electron chi connectivity index (χ2n) is 6.34. The number of rotatable bonds is 3. The van der Waals surface area contributed by atoms with Crippen molar-refractivity contribution in [2.45, 2.75) is 43.6 Å². The Labute approximate surface area is 140 Å². The van der Waals surface area contributed by atoms with Crippen molar-refractivity contribution >= 4 is 23.5 Å². The summed E-state index contributed by atoms with van der Waals surface area (Å²) < 4.78 is 1.91. The molecule has 1 fully saturated rings. The molecule has 0 atom stereocenters. The maximum absolute atomic E-state index is 12.7. The summed E-state index contributed by atoms with van der Waals surface area (Å²) in [6.07, 6.45) is 5.64. The van der Waals surface area contributed by atoms with Crippen LogP contribution in [0.15, 0.2) is 30.3 Å². The van der Waals surface area contributed by atoms with Crippen LogP contribution in [0, 0.1) is 5.92 Å². The van der Waals surface area contributed by atoms with E-state index in [9.17, 15) is 4.79 Å². The van der Waals surface area contributed by atoms with Gasteiger partial charge in [0.1, 0.15) is 5.82 Å². The number of hydrogen-bond acceptors (Lipinski definition) is 3. The normalized spacial score (nSPS) is 17.9. The highest BCUT2D eigenvalue weighted by atomic mass is 32.2. The predicted octanol–water partition coefficient (Wildman–Crippen LogP) is 4.14. The van der Waals surface area contributed by atoms with E-state index >= 15 is 0 Å². The molecule has 1 amide bonds. The molecule has 120 valence electrons. The van der Waals surface area contributed by atoms with E-state index in [4.69, 9.17) is 5.10 Å². The Hall–Kier alpha value is -1.75. The maximum atomic E-state index is 12.7. The lowest BCUT2D eigenvalue weighted by Gasteiger charge is -2.21. The minimum Gasteiger partial charge on any atom is -0.310 e. The summed E-state index contributed by atoms with van der Waals surface area (Å²) in [5.41, 5.74) is 3.31. The Kier molecular flexibility index (Phi) is 4.12. The van der Waals surface area contributed by atoms with Crippen LogP contribution >= 0.6 is 11.8 Å². The molecule has 5 heteroatoms. The van der Waals surface area contributed by atoms with Gasteiger partial charge in [-0.3, -0.25) is 4.79 Å². The number of nitrogens with one attached hydrogen (secondary N) is 1. The number of carbonyl (C=O) groups is 1. The van der Waals surface area contributed by atoms with E-state index in [1.54, 1.807) is 0 Å². The van der Waals surface area contributed by atoms with Gasteiger partial charge in [-0.25, -0.2) is 4.68 Å². The molecular weight excluding hydrogens is 306 g/mol. The zero-order valence-corrected chi connectivity index (χ0v) is 13.9. The highest BCUT2D eigenvalue weighted by molar-refractivity contribution is 7.98. The van der Waals surface area contributed by atoms with Crippen LogP contribution in [-0.2, 0) is 16.3 Å². The fraction of sp³-hybridized carbons (Fsp3) is 0.444. The Morgan fingerprint density at radius 1 is 1.13 bits per heavy atom. The molecule has 2 aromatic rings. The summed E-state index contributed by atoms with van der Waals surface area (Å²) in [7, 11) is 0. The Morgan fingerprint density at radius 3 is 2.70 bits per heavy atom. The molecule has 1 saturated carbocycles. The van der Waals surface area contributed by atoms with Gasteiger partial charge in [0.25, 0.3) is 0 Å². The molecule has 1 aliphatic carbocycles. The lowest BCUT2D eigenvalue weighted by Crippen LogP contribution is -2.26. The quantitative estimate of drug-likeness (QED) is 0.921. The van der Waals surface area contributed by atoms with Crippen LogP contribution in [-0.4, -0.2) is 15.7 Å². The predicted molar refractivity (Wildman–Crippen MR) is 93.8 cm³/mol. The van der Waals surface area contributed by atoms with Crippen molar-refractivity contribution in [3.05, 3.63) is 41.6 Å². The third kappa shape index (κ3) is 2.90. The zero-order chi connectivity index (χ0) is 15.6. The molecular formula is C18H21N3OS. The molecule has 1 aliphatic heterocycles. The van der Waals surface area contributed by atoms with Gasteiger partial charge in [-0.1, -0.05) is 37.5 Å². The van der Waals surface area contributed by atoms with Gasteiger partial charge in [0.2, 0.25) is 5.91 Å². The molecule has 1 N–H and O–H groups in total. The van der Waals surface area contributed by atoms with Gasteiger partial charge in [-0.05, 0) is 25.0 Å². The average molecular weight is 327 g/mol. The van der Waals surface area contributed by atoms with Crippen LogP contribution in [0.2, 0.25) is 0 Å². The summed E-state index contributed by atoms with van der Waals surface area (Å²) >= 11 is 1.86.